The van der Waals surface area contributed by atoms with E-state index in [0.29, 0.717) is 21.7 Å². The highest BCUT2D eigenvalue weighted by Gasteiger charge is 2.11. The maximum absolute atomic E-state index is 6.14. The summed E-state index contributed by atoms with van der Waals surface area (Å²) < 4.78 is 5.12. The first-order valence-corrected chi connectivity index (χ1v) is 6.69. The molecule has 3 nitrogen and oxygen atoms in total. The van der Waals surface area contributed by atoms with Crippen molar-refractivity contribution in [2.24, 2.45) is 0 Å². The predicted molar refractivity (Wildman–Crippen MR) is 78.2 cm³/mol. The van der Waals surface area contributed by atoms with Crippen LogP contribution in [0, 0.1) is 6.92 Å². The minimum absolute atomic E-state index is 0.480. The predicted octanol–water partition coefficient (Wildman–Crippen LogP) is 4.33. The number of hydrogen-bond acceptors (Lipinski definition) is 3. The first kappa shape index (κ1) is 14.1. The fraction of sp³-hybridized carbons (Fsp3) is 0.286. The lowest BCUT2D eigenvalue weighted by Crippen LogP contribution is -1.99. The van der Waals surface area contributed by atoms with Crippen LogP contribution in [-0.2, 0) is 6.42 Å². The molecular weight excluding hydrogens is 283 g/mol. The molecule has 0 atom stereocenters. The smallest absolute Gasteiger partial charge is 0.161 e. The Labute approximate surface area is 122 Å². The molecule has 0 spiro atoms. The van der Waals surface area contributed by atoms with Crippen molar-refractivity contribution in [1.82, 2.24) is 9.97 Å². The van der Waals surface area contributed by atoms with Crippen LogP contribution >= 0.6 is 23.2 Å². The number of ether oxygens (including phenoxy) is 1. The van der Waals surface area contributed by atoms with Crippen molar-refractivity contribution >= 4 is 23.2 Å². The molecule has 19 heavy (non-hydrogen) atoms. The van der Waals surface area contributed by atoms with Crippen LogP contribution in [-0.4, -0.2) is 17.1 Å². The van der Waals surface area contributed by atoms with Gasteiger partial charge in [-0.15, -0.1) is 0 Å². The molecule has 0 saturated carbocycles. The molecule has 0 saturated heterocycles. The highest BCUT2D eigenvalue weighted by Crippen LogP contribution is 2.30. The topological polar surface area (TPSA) is 35.0 Å². The maximum atomic E-state index is 6.14. The summed E-state index contributed by atoms with van der Waals surface area (Å²) in [5.74, 6) is 1.20. The molecular formula is C14H14Cl2N2O. The average Bonchev–Trinajstić information content (AvgIpc) is 2.41. The van der Waals surface area contributed by atoms with Gasteiger partial charge in [-0.05, 0) is 31.5 Å². The van der Waals surface area contributed by atoms with Gasteiger partial charge in [0.15, 0.2) is 5.82 Å². The maximum Gasteiger partial charge on any atom is 0.161 e. The Bertz CT molecular complexity index is 615. The summed E-state index contributed by atoms with van der Waals surface area (Å²) in [6, 6.07) is 5.44. The van der Waals surface area contributed by atoms with E-state index in [1.807, 2.05) is 19.9 Å². The second kappa shape index (κ2) is 5.76. The molecule has 5 heteroatoms. The molecule has 0 aliphatic rings. The van der Waals surface area contributed by atoms with Gasteiger partial charge in [-0.2, -0.15) is 0 Å². The van der Waals surface area contributed by atoms with E-state index in [1.54, 1.807) is 19.2 Å². The van der Waals surface area contributed by atoms with Gasteiger partial charge < -0.3 is 4.74 Å². The Hall–Kier alpha value is -1.32. The molecule has 0 aliphatic heterocycles. The van der Waals surface area contributed by atoms with Crippen LogP contribution in [0.25, 0.3) is 11.4 Å². The zero-order valence-corrected chi connectivity index (χ0v) is 12.5. The zero-order chi connectivity index (χ0) is 14.0. The molecule has 0 unspecified atom stereocenters. The average molecular weight is 297 g/mol. The number of hydrogen-bond donors (Lipinski definition) is 0. The van der Waals surface area contributed by atoms with E-state index >= 15 is 0 Å². The van der Waals surface area contributed by atoms with E-state index in [9.17, 15) is 0 Å². The molecule has 2 aromatic rings. The summed E-state index contributed by atoms with van der Waals surface area (Å²) in [4.78, 5) is 8.83. The summed E-state index contributed by atoms with van der Waals surface area (Å²) >= 11 is 12.2. The van der Waals surface area contributed by atoms with Crippen LogP contribution in [0.3, 0.4) is 0 Å². The fourth-order valence-electron chi connectivity index (χ4n) is 1.81. The molecule has 0 N–H and O–H groups in total. The fourth-order valence-corrected chi connectivity index (χ4v) is 2.26. The second-order valence-electron chi connectivity index (χ2n) is 4.11. The van der Waals surface area contributed by atoms with Gasteiger partial charge in [-0.25, -0.2) is 9.97 Å². The largest absolute Gasteiger partial charge is 0.495 e. The van der Waals surface area contributed by atoms with Gasteiger partial charge in [-0.3, -0.25) is 0 Å². The van der Waals surface area contributed by atoms with Crippen molar-refractivity contribution in [2.75, 3.05) is 7.11 Å². The van der Waals surface area contributed by atoms with Gasteiger partial charge >= 0.3 is 0 Å². The van der Waals surface area contributed by atoms with Crippen molar-refractivity contribution in [3.8, 4) is 17.1 Å². The standard InChI is InChI=1S/C14H14Cl2N2O/c1-4-11-8(2)13(16)18-14(17-11)9-5-6-12(19-3)10(15)7-9/h5-7H,4H2,1-3H3. The number of nitrogens with zero attached hydrogens (tertiary/aromatic N) is 2. The van der Waals surface area contributed by atoms with Crippen LogP contribution in [0.5, 0.6) is 5.75 Å². The van der Waals surface area contributed by atoms with E-state index in [0.717, 1.165) is 23.2 Å². The monoisotopic (exact) mass is 296 g/mol. The number of aromatic nitrogens is 2. The van der Waals surface area contributed by atoms with E-state index in [1.165, 1.54) is 0 Å². The quantitative estimate of drug-likeness (QED) is 0.791. The van der Waals surface area contributed by atoms with E-state index < -0.39 is 0 Å². The van der Waals surface area contributed by atoms with Gasteiger partial charge in [-0.1, -0.05) is 30.1 Å². The number of rotatable bonds is 3. The summed E-state index contributed by atoms with van der Waals surface area (Å²) in [5.41, 5.74) is 2.69. The highest BCUT2D eigenvalue weighted by atomic mass is 35.5. The Morgan fingerprint density at radius 1 is 1.21 bits per heavy atom. The Morgan fingerprint density at radius 3 is 2.53 bits per heavy atom. The molecule has 0 aliphatic carbocycles. The van der Waals surface area contributed by atoms with Crippen LogP contribution in [0.2, 0.25) is 10.2 Å². The molecule has 0 radical (unpaired) electrons. The third-order valence-corrected chi connectivity index (χ3v) is 3.60. The number of methoxy groups -OCH3 is 1. The van der Waals surface area contributed by atoms with E-state index in [2.05, 4.69) is 9.97 Å². The SMILES string of the molecule is CCc1nc(-c2ccc(OC)c(Cl)c2)nc(Cl)c1C. The van der Waals surface area contributed by atoms with Gasteiger partial charge in [0.05, 0.1) is 12.1 Å². The lowest BCUT2D eigenvalue weighted by Gasteiger charge is -2.09. The molecule has 1 aromatic carbocycles. The van der Waals surface area contributed by atoms with Crippen molar-refractivity contribution in [2.45, 2.75) is 20.3 Å². The third-order valence-electron chi connectivity index (χ3n) is 2.93. The van der Waals surface area contributed by atoms with Gasteiger partial charge in [0.1, 0.15) is 10.9 Å². The lowest BCUT2D eigenvalue weighted by molar-refractivity contribution is 0.415. The van der Waals surface area contributed by atoms with Crippen LogP contribution < -0.4 is 4.74 Å². The summed E-state index contributed by atoms with van der Waals surface area (Å²) in [7, 11) is 1.58. The molecule has 1 aromatic heterocycles. The molecule has 2 rings (SSSR count). The van der Waals surface area contributed by atoms with Crippen LogP contribution in [0.1, 0.15) is 18.2 Å². The summed E-state index contributed by atoms with van der Waals surface area (Å²) in [6.45, 7) is 3.96. The number of halogens is 2. The molecule has 1 heterocycles. The van der Waals surface area contributed by atoms with Crippen molar-refractivity contribution < 1.29 is 4.74 Å². The number of aryl methyl sites for hydroxylation is 1. The van der Waals surface area contributed by atoms with Gasteiger partial charge in [0.25, 0.3) is 0 Å². The van der Waals surface area contributed by atoms with Crippen LogP contribution in [0.4, 0.5) is 0 Å². The molecule has 100 valence electrons. The Kier molecular flexibility index (Phi) is 4.27. The third kappa shape index (κ3) is 2.82. The van der Waals surface area contributed by atoms with Crippen molar-refractivity contribution in [3.63, 3.8) is 0 Å². The zero-order valence-electron chi connectivity index (χ0n) is 11.0. The number of benzene rings is 1. The van der Waals surface area contributed by atoms with Crippen molar-refractivity contribution in [3.05, 3.63) is 39.6 Å². The Morgan fingerprint density at radius 2 is 1.95 bits per heavy atom. The summed E-state index contributed by atoms with van der Waals surface area (Å²) in [6.07, 6.45) is 0.810. The molecule has 0 fully saturated rings. The highest BCUT2D eigenvalue weighted by molar-refractivity contribution is 6.32. The van der Waals surface area contributed by atoms with Crippen LogP contribution in [0.15, 0.2) is 18.2 Å². The minimum atomic E-state index is 0.480. The van der Waals surface area contributed by atoms with Gasteiger partial charge in [0, 0.05) is 16.8 Å². The lowest BCUT2D eigenvalue weighted by atomic mass is 10.1. The first-order chi connectivity index (χ1) is 9.06. The summed E-state index contributed by atoms with van der Waals surface area (Å²) in [5, 5.41) is 1.01. The van der Waals surface area contributed by atoms with Gasteiger partial charge in [0.2, 0.25) is 0 Å². The normalized spacial score (nSPS) is 10.6. The van der Waals surface area contributed by atoms with Crippen molar-refractivity contribution in [1.29, 1.82) is 0 Å². The first-order valence-electron chi connectivity index (χ1n) is 5.93. The molecule has 0 amide bonds. The minimum Gasteiger partial charge on any atom is -0.495 e. The van der Waals surface area contributed by atoms with E-state index in [4.69, 9.17) is 27.9 Å². The van der Waals surface area contributed by atoms with E-state index in [-0.39, 0.29) is 0 Å². The second-order valence-corrected chi connectivity index (χ2v) is 4.88. The molecule has 0 bridgehead atoms. The Balaban J connectivity index is 2.53.